The van der Waals surface area contributed by atoms with Gasteiger partial charge in [0.1, 0.15) is 0 Å². The molecule has 0 bridgehead atoms. The minimum absolute atomic E-state index is 0.164. The highest BCUT2D eigenvalue weighted by Gasteiger charge is 2.22. The molecule has 1 aliphatic rings. The van der Waals surface area contributed by atoms with Gasteiger partial charge in [0.25, 0.3) is 0 Å². The van der Waals surface area contributed by atoms with Crippen LogP contribution >= 0.6 is 0 Å². The molecule has 2 heteroatoms. The third-order valence-corrected chi connectivity index (χ3v) is 4.41. The number of carbonyl (C=O) groups is 1. The molecule has 2 nitrogen and oxygen atoms in total. The average Bonchev–Trinajstić information content (AvgIpc) is 2.54. The van der Waals surface area contributed by atoms with E-state index in [1.165, 1.54) is 37.7 Å². The van der Waals surface area contributed by atoms with Gasteiger partial charge in [0.05, 0.1) is 0 Å². The molecular weight excluding hydrogens is 258 g/mol. The van der Waals surface area contributed by atoms with E-state index in [-0.39, 0.29) is 5.91 Å². The lowest BCUT2D eigenvalue weighted by Crippen LogP contribution is -2.38. The minimum atomic E-state index is 0.164. The van der Waals surface area contributed by atoms with Crippen molar-refractivity contribution in [1.82, 2.24) is 4.90 Å². The lowest BCUT2D eigenvalue weighted by atomic mass is 9.94. The minimum Gasteiger partial charge on any atom is -0.339 e. The number of hydrogen-bond donors (Lipinski definition) is 0. The van der Waals surface area contributed by atoms with Gasteiger partial charge in [-0.05, 0) is 38.2 Å². The summed E-state index contributed by atoms with van der Waals surface area (Å²) in [5.74, 6) is 0.164. The largest absolute Gasteiger partial charge is 0.339 e. The van der Waals surface area contributed by atoms with Gasteiger partial charge in [0, 0.05) is 18.7 Å². The molecule has 0 spiro atoms. The summed E-state index contributed by atoms with van der Waals surface area (Å²) in [6, 6.07) is 0.428. The second-order valence-electron chi connectivity index (χ2n) is 6.11. The predicted molar refractivity (Wildman–Crippen MR) is 91.2 cm³/mol. The second kappa shape index (κ2) is 9.59. The average molecular weight is 289 g/mol. The third-order valence-electron chi connectivity index (χ3n) is 4.41. The first-order valence-electron chi connectivity index (χ1n) is 8.37. The smallest absolute Gasteiger partial charge is 0.249 e. The van der Waals surface area contributed by atoms with Crippen LogP contribution in [0.25, 0.3) is 0 Å². The molecule has 1 fully saturated rings. The van der Waals surface area contributed by atoms with E-state index in [0.29, 0.717) is 6.04 Å². The van der Waals surface area contributed by atoms with Gasteiger partial charge in [-0.15, -0.1) is 0 Å². The Morgan fingerprint density at radius 3 is 2.48 bits per heavy atom. The number of carbonyl (C=O) groups excluding carboxylic acids is 1. The van der Waals surface area contributed by atoms with E-state index in [0.717, 1.165) is 24.8 Å². The van der Waals surface area contributed by atoms with Gasteiger partial charge >= 0.3 is 0 Å². The monoisotopic (exact) mass is 289 g/mol. The Morgan fingerprint density at radius 1 is 1.24 bits per heavy atom. The number of hydrogen-bond acceptors (Lipinski definition) is 1. The summed E-state index contributed by atoms with van der Waals surface area (Å²) in [5, 5.41) is 0. The van der Waals surface area contributed by atoms with Crippen molar-refractivity contribution in [3.05, 3.63) is 36.0 Å². The van der Waals surface area contributed by atoms with Gasteiger partial charge in [0.15, 0.2) is 0 Å². The summed E-state index contributed by atoms with van der Waals surface area (Å²) in [5.41, 5.74) is 2.03. The van der Waals surface area contributed by atoms with Crippen LogP contribution in [0.2, 0.25) is 0 Å². The fraction of sp³-hybridized carbons (Fsp3) is 0.632. The molecule has 0 aromatic carbocycles. The van der Waals surface area contributed by atoms with Gasteiger partial charge in [-0.25, -0.2) is 0 Å². The summed E-state index contributed by atoms with van der Waals surface area (Å²) in [6.07, 6.45) is 15.4. The van der Waals surface area contributed by atoms with Crippen molar-refractivity contribution in [2.24, 2.45) is 0 Å². The molecule has 0 atom stereocenters. The van der Waals surface area contributed by atoms with Crippen LogP contribution in [0.5, 0.6) is 0 Å². The van der Waals surface area contributed by atoms with Crippen LogP contribution in [0.1, 0.15) is 65.2 Å². The normalized spacial score (nSPS) is 17.7. The number of rotatable bonds is 7. The SMILES string of the molecule is C=C/C(=C\C=C(/C)C(=O)N(C)C1CCCCC1)CCCC. The molecule has 0 aliphatic heterocycles. The molecule has 1 amide bonds. The lowest BCUT2D eigenvalue weighted by molar-refractivity contribution is -0.128. The van der Waals surface area contributed by atoms with Crippen molar-refractivity contribution < 1.29 is 4.79 Å². The first-order chi connectivity index (χ1) is 10.1. The Bertz CT molecular complexity index is 400. The van der Waals surface area contributed by atoms with E-state index in [9.17, 15) is 4.79 Å². The molecule has 0 N–H and O–H groups in total. The maximum atomic E-state index is 12.5. The molecule has 0 radical (unpaired) electrons. The third kappa shape index (κ3) is 5.91. The number of nitrogens with zero attached hydrogens (tertiary/aromatic N) is 1. The van der Waals surface area contributed by atoms with Crippen molar-refractivity contribution in [1.29, 1.82) is 0 Å². The van der Waals surface area contributed by atoms with Crippen molar-refractivity contribution in [2.45, 2.75) is 71.3 Å². The van der Waals surface area contributed by atoms with Crippen LogP contribution in [0.3, 0.4) is 0 Å². The zero-order valence-electron chi connectivity index (χ0n) is 14.0. The van der Waals surface area contributed by atoms with Crippen molar-refractivity contribution in [2.75, 3.05) is 7.05 Å². The van der Waals surface area contributed by atoms with Crippen LogP contribution in [0.15, 0.2) is 36.0 Å². The maximum Gasteiger partial charge on any atom is 0.249 e. The maximum absolute atomic E-state index is 12.5. The van der Waals surface area contributed by atoms with Crippen molar-refractivity contribution >= 4 is 5.91 Å². The second-order valence-corrected chi connectivity index (χ2v) is 6.11. The summed E-state index contributed by atoms with van der Waals surface area (Å²) in [4.78, 5) is 14.4. The summed E-state index contributed by atoms with van der Waals surface area (Å²) in [7, 11) is 1.95. The topological polar surface area (TPSA) is 20.3 Å². The molecule has 0 aromatic rings. The molecule has 0 saturated heterocycles. The predicted octanol–water partition coefficient (Wildman–Crippen LogP) is 5.03. The molecular formula is C19H31NO. The number of amides is 1. The van der Waals surface area contributed by atoms with Crippen LogP contribution in [-0.4, -0.2) is 23.9 Å². The van der Waals surface area contributed by atoms with Gasteiger partial charge in [-0.1, -0.05) is 57.4 Å². The molecule has 0 unspecified atom stereocenters. The Balaban J connectivity index is 2.64. The summed E-state index contributed by atoms with van der Waals surface area (Å²) >= 11 is 0. The Morgan fingerprint density at radius 2 is 1.90 bits per heavy atom. The van der Waals surface area contributed by atoms with Crippen molar-refractivity contribution in [3.8, 4) is 0 Å². The highest BCUT2D eigenvalue weighted by Crippen LogP contribution is 2.22. The summed E-state index contributed by atoms with van der Waals surface area (Å²) < 4.78 is 0. The fourth-order valence-corrected chi connectivity index (χ4v) is 2.85. The number of unbranched alkanes of at least 4 members (excludes halogenated alkanes) is 1. The highest BCUT2D eigenvalue weighted by atomic mass is 16.2. The number of likely N-dealkylation sites (N-methyl/N-ethyl adjacent to an activating group) is 1. The summed E-state index contributed by atoms with van der Waals surface area (Å²) in [6.45, 7) is 7.95. The molecule has 1 rings (SSSR count). The Hall–Kier alpha value is -1.31. The van der Waals surface area contributed by atoms with E-state index in [2.05, 4.69) is 13.5 Å². The zero-order chi connectivity index (χ0) is 15.7. The van der Waals surface area contributed by atoms with Gasteiger partial charge < -0.3 is 4.90 Å². The molecule has 118 valence electrons. The van der Waals surface area contributed by atoms with Crippen LogP contribution < -0.4 is 0 Å². The lowest BCUT2D eigenvalue weighted by Gasteiger charge is -2.31. The van der Waals surface area contributed by atoms with Crippen LogP contribution in [-0.2, 0) is 4.79 Å². The van der Waals surface area contributed by atoms with E-state index >= 15 is 0 Å². The number of allylic oxidation sites excluding steroid dienone is 4. The molecule has 1 saturated carbocycles. The first kappa shape index (κ1) is 17.7. The highest BCUT2D eigenvalue weighted by molar-refractivity contribution is 5.93. The molecule has 0 aromatic heterocycles. The quantitative estimate of drug-likeness (QED) is 0.475. The van der Waals surface area contributed by atoms with E-state index in [1.807, 2.05) is 37.1 Å². The standard InChI is InChI=1S/C19H31NO/c1-5-7-11-17(6-2)15-14-16(3)19(21)20(4)18-12-9-8-10-13-18/h6,14-15,18H,2,5,7-13H2,1,3-4H3/b16-14+,17-15+. The molecule has 1 aliphatic carbocycles. The first-order valence-corrected chi connectivity index (χ1v) is 8.37. The van der Waals surface area contributed by atoms with Gasteiger partial charge in [-0.3, -0.25) is 4.79 Å². The zero-order valence-corrected chi connectivity index (χ0v) is 14.0. The Labute approximate surface area is 130 Å². The van der Waals surface area contributed by atoms with Crippen LogP contribution in [0.4, 0.5) is 0 Å². The fourth-order valence-electron chi connectivity index (χ4n) is 2.85. The molecule has 0 heterocycles. The molecule has 21 heavy (non-hydrogen) atoms. The van der Waals surface area contributed by atoms with Gasteiger partial charge in [0.2, 0.25) is 5.91 Å². The van der Waals surface area contributed by atoms with Crippen molar-refractivity contribution in [3.63, 3.8) is 0 Å². The van der Waals surface area contributed by atoms with E-state index in [1.54, 1.807) is 0 Å². The van der Waals surface area contributed by atoms with Gasteiger partial charge in [-0.2, -0.15) is 0 Å². The Kier molecular flexibility index (Phi) is 8.11. The van der Waals surface area contributed by atoms with E-state index < -0.39 is 0 Å². The van der Waals surface area contributed by atoms with Crippen LogP contribution in [0, 0.1) is 0 Å². The van der Waals surface area contributed by atoms with E-state index in [4.69, 9.17) is 0 Å².